The Hall–Kier alpha value is -0.410. The van der Waals surface area contributed by atoms with Crippen LogP contribution in [0.25, 0.3) is 0 Å². The third-order valence-electron chi connectivity index (χ3n) is 3.07. The van der Waals surface area contributed by atoms with Gasteiger partial charge in [-0.25, -0.2) is 4.98 Å². The SMILES string of the molecule is Cc1ncc(CNC2(C)CCCC2)s1. The monoisotopic (exact) mass is 210 g/mol. The van der Waals surface area contributed by atoms with E-state index in [1.54, 1.807) is 11.3 Å². The second-order valence-electron chi connectivity index (χ2n) is 4.47. The maximum Gasteiger partial charge on any atom is 0.0897 e. The molecule has 14 heavy (non-hydrogen) atoms. The summed E-state index contributed by atoms with van der Waals surface area (Å²) in [5.41, 5.74) is 0.387. The van der Waals surface area contributed by atoms with Crippen LogP contribution in [0, 0.1) is 6.92 Å². The van der Waals surface area contributed by atoms with Crippen molar-refractivity contribution in [2.24, 2.45) is 0 Å². The van der Waals surface area contributed by atoms with Gasteiger partial charge >= 0.3 is 0 Å². The van der Waals surface area contributed by atoms with Crippen LogP contribution in [-0.4, -0.2) is 10.5 Å². The molecule has 0 amide bonds. The molecule has 3 heteroatoms. The van der Waals surface area contributed by atoms with Crippen molar-refractivity contribution in [2.75, 3.05) is 0 Å². The zero-order chi connectivity index (χ0) is 10.0. The highest BCUT2D eigenvalue weighted by Gasteiger charge is 2.27. The van der Waals surface area contributed by atoms with Crippen molar-refractivity contribution in [3.8, 4) is 0 Å². The first-order valence-electron chi connectivity index (χ1n) is 5.34. The van der Waals surface area contributed by atoms with Gasteiger partial charge in [-0.2, -0.15) is 0 Å². The molecule has 1 saturated carbocycles. The maximum absolute atomic E-state index is 4.26. The summed E-state index contributed by atoms with van der Waals surface area (Å²) in [4.78, 5) is 5.62. The summed E-state index contributed by atoms with van der Waals surface area (Å²) in [6, 6.07) is 0. The molecule has 1 fully saturated rings. The van der Waals surface area contributed by atoms with Crippen molar-refractivity contribution >= 4 is 11.3 Å². The molecule has 0 atom stereocenters. The van der Waals surface area contributed by atoms with Gasteiger partial charge in [0.2, 0.25) is 0 Å². The molecule has 0 bridgehead atoms. The van der Waals surface area contributed by atoms with Gasteiger partial charge in [0, 0.05) is 23.2 Å². The smallest absolute Gasteiger partial charge is 0.0897 e. The topological polar surface area (TPSA) is 24.9 Å². The lowest BCUT2D eigenvalue weighted by atomic mass is 10.0. The minimum Gasteiger partial charge on any atom is -0.307 e. The Labute approximate surface area is 89.8 Å². The molecular formula is C11H18N2S. The van der Waals surface area contributed by atoms with Gasteiger partial charge in [-0.1, -0.05) is 12.8 Å². The van der Waals surface area contributed by atoms with Crippen LogP contribution >= 0.6 is 11.3 Å². The Bertz CT molecular complexity index is 300. The fraction of sp³-hybridized carbons (Fsp3) is 0.727. The molecule has 0 spiro atoms. The van der Waals surface area contributed by atoms with Crippen LogP contribution in [0.1, 0.15) is 42.5 Å². The van der Waals surface area contributed by atoms with Crippen molar-refractivity contribution < 1.29 is 0 Å². The Kier molecular flexibility index (Phi) is 2.88. The number of hydrogen-bond acceptors (Lipinski definition) is 3. The van der Waals surface area contributed by atoms with Gasteiger partial charge in [0.05, 0.1) is 5.01 Å². The number of nitrogens with one attached hydrogen (secondary N) is 1. The third kappa shape index (κ3) is 2.34. The normalized spacial score (nSPS) is 20.1. The van der Waals surface area contributed by atoms with E-state index < -0.39 is 0 Å². The third-order valence-corrected chi connectivity index (χ3v) is 3.98. The van der Waals surface area contributed by atoms with E-state index in [1.807, 2.05) is 6.20 Å². The minimum absolute atomic E-state index is 0.387. The average Bonchev–Trinajstić information content (AvgIpc) is 2.73. The van der Waals surface area contributed by atoms with Crippen molar-refractivity contribution in [2.45, 2.75) is 51.6 Å². The van der Waals surface area contributed by atoms with Gasteiger partial charge in [-0.3, -0.25) is 0 Å². The Morgan fingerprint density at radius 2 is 2.21 bits per heavy atom. The molecule has 1 aromatic rings. The van der Waals surface area contributed by atoms with Gasteiger partial charge in [-0.15, -0.1) is 11.3 Å². The second-order valence-corrected chi connectivity index (χ2v) is 5.79. The van der Waals surface area contributed by atoms with Crippen LogP contribution < -0.4 is 5.32 Å². The van der Waals surface area contributed by atoms with E-state index in [9.17, 15) is 0 Å². The average molecular weight is 210 g/mol. The molecule has 0 saturated heterocycles. The summed E-state index contributed by atoms with van der Waals surface area (Å²) in [7, 11) is 0. The van der Waals surface area contributed by atoms with Crippen LogP contribution in [0.3, 0.4) is 0 Å². The van der Waals surface area contributed by atoms with Crippen molar-refractivity contribution in [1.82, 2.24) is 10.3 Å². The van der Waals surface area contributed by atoms with E-state index in [1.165, 1.54) is 35.6 Å². The molecule has 1 N–H and O–H groups in total. The van der Waals surface area contributed by atoms with Gasteiger partial charge in [-0.05, 0) is 26.7 Å². The summed E-state index contributed by atoms with van der Waals surface area (Å²) in [6.45, 7) is 5.39. The van der Waals surface area contributed by atoms with Crippen molar-refractivity contribution in [3.63, 3.8) is 0 Å². The van der Waals surface area contributed by atoms with E-state index in [4.69, 9.17) is 0 Å². The lowest BCUT2D eigenvalue weighted by Crippen LogP contribution is -2.38. The zero-order valence-electron chi connectivity index (χ0n) is 8.97. The van der Waals surface area contributed by atoms with Crippen LogP contribution in [0.4, 0.5) is 0 Å². The minimum atomic E-state index is 0.387. The summed E-state index contributed by atoms with van der Waals surface area (Å²) in [6.07, 6.45) is 7.40. The Morgan fingerprint density at radius 1 is 1.50 bits per heavy atom. The highest BCUT2D eigenvalue weighted by molar-refractivity contribution is 7.11. The molecular weight excluding hydrogens is 192 g/mol. The fourth-order valence-corrected chi connectivity index (χ4v) is 2.85. The Morgan fingerprint density at radius 3 is 2.79 bits per heavy atom. The lowest BCUT2D eigenvalue weighted by molar-refractivity contribution is 0.364. The summed E-state index contributed by atoms with van der Waals surface area (Å²) >= 11 is 1.80. The van der Waals surface area contributed by atoms with E-state index in [0.29, 0.717) is 5.54 Å². The number of thiazole rings is 1. The van der Waals surface area contributed by atoms with Crippen LogP contribution in [-0.2, 0) is 6.54 Å². The predicted octanol–water partition coefficient (Wildman–Crippen LogP) is 2.87. The predicted molar refractivity (Wildman–Crippen MR) is 60.6 cm³/mol. The molecule has 1 aliphatic rings. The number of aryl methyl sites for hydroxylation is 1. The van der Waals surface area contributed by atoms with E-state index in [-0.39, 0.29) is 0 Å². The van der Waals surface area contributed by atoms with Gasteiger partial charge in [0.25, 0.3) is 0 Å². The van der Waals surface area contributed by atoms with Crippen LogP contribution in [0.15, 0.2) is 6.20 Å². The number of rotatable bonds is 3. The summed E-state index contributed by atoms with van der Waals surface area (Å²) < 4.78 is 0. The number of nitrogens with zero attached hydrogens (tertiary/aromatic N) is 1. The number of hydrogen-bond donors (Lipinski definition) is 1. The van der Waals surface area contributed by atoms with E-state index >= 15 is 0 Å². The lowest BCUT2D eigenvalue weighted by Gasteiger charge is -2.24. The van der Waals surface area contributed by atoms with E-state index in [2.05, 4.69) is 24.1 Å². The molecule has 2 rings (SSSR count). The maximum atomic E-state index is 4.26. The van der Waals surface area contributed by atoms with Gasteiger partial charge in [0.1, 0.15) is 0 Å². The number of aromatic nitrogens is 1. The first-order chi connectivity index (χ1) is 6.68. The zero-order valence-corrected chi connectivity index (χ0v) is 9.78. The molecule has 2 nitrogen and oxygen atoms in total. The molecule has 1 aliphatic carbocycles. The molecule has 1 heterocycles. The largest absolute Gasteiger partial charge is 0.307 e. The van der Waals surface area contributed by atoms with Crippen LogP contribution in [0.5, 0.6) is 0 Å². The molecule has 0 radical (unpaired) electrons. The van der Waals surface area contributed by atoms with Gasteiger partial charge < -0.3 is 5.32 Å². The molecule has 0 aliphatic heterocycles. The first kappa shape index (κ1) is 10.1. The molecule has 0 unspecified atom stereocenters. The summed E-state index contributed by atoms with van der Waals surface area (Å²) in [5.74, 6) is 0. The Balaban J connectivity index is 1.87. The van der Waals surface area contributed by atoms with Gasteiger partial charge in [0.15, 0.2) is 0 Å². The fourth-order valence-electron chi connectivity index (χ4n) is 2.12. The highest BCUT2D eigenvalue weighted by Crippen LogP contribution is 2.29. The van der Waals surface area contributed by atoms with Crippen molar-refractivity contribution in [3.05, 3.63) is 16.1 Å². The first-order valence-corrected chi connectivity index (χ1v) is 6.16. The second kappa shape index (κ2) is 3.99. The molecule has 1 aromatic heterocycles. The molecule has 78 valence electrons. The van der Waals surface area contributed by atoms with E-state index in [0.717, 1.165) is 6.54 Å². The van der Waals surface area contributed by atoms with Crippen LogP contribution in [0.2, 0.25) is 0 Å². The van der Waals surface area contributed by atoms with Crippen molar-refractivity contribution in [1.29, 1.82) is 0 Å². The quantitative estimate of drug-likeness (QED) is 0.829. The highest BCUT2D eigenvalue weighted by atomic mass is 32.1. The standard InChI is InChI=1S/C11H18N2S/c1-9-12-7-10(14-9)8-13-11(2)5-3-4-6-11/h7,13H,3-6,8H2,1-2H3. The molecule has 0 aromatic carbocycles. The summed E-state index contributed by atoms with van der Waals surface area (Å²) in [5, 5.41) is 4.82.